The maximum atomic E-state index is 11.0. The standard InChI is InChI=1S/C7H7NO4S/c1-3-4(7(11)12-2)13-5(8-3)6(9)10/h1-2H3,(H,9,10). The van der Waals surface area contributed by atoms with Crippen molar-refractivity contribution < 1.29 is 19.4 Å². The third-order valence-electron chi connectivity index (χ3n) is 1.35. The van der Waals surface area contributed by atoms with Gasteiger partial charge in [-0.05, 0) is 6.92 Å². The number of methoxy groups -OCH3 is 1. The number of thiazole rings is 1. The van der Waals surface area contributed by atoms with Crippen molar-refractivity contribution in [2.75, 3.05) is 7.11 Å². The molecule has 0 saturated carbocycles. The van der Waals surface area contributed by atoms with E-state index in [9.17, 15) is 9.59 Å². The maximum Gasteiger partial charge on any atom is 0.365 e. The third kappa shape index (κ3) is 1.83. The lowest BCUT2D eigenvalue weighted by Crippen LogP contribution is -1.99. The summed E-state index contributed by atoms with van der Waals surface area (Å²) in [4.78, 5) is 25.4. The second-order valence-corrected chi connectivity index (χ2v) is 3.23. The first-order valence-electron chi connectivity index (χ1n) is 3.35. The number of aromatic carboxylic acids is 1. The van der Waals surface area contributed by atoms with Crippen LogP contribution in [0.15, 0.2) is 0 Å². The average molecular weight is 201 g/mol. The van der Waals surface area contributed by atoms with Crippen LogP contribution in [0.3, 0.4) is 0 Å². The zero-order valence-corrected chi connectivity index (χ0v) is 7.84. The van der Waals surface area contributed by atoms with Crippen LogP contribution in [0, 0.1) is 6.92 Å². The molecule has 1 heterocycles. The van der Waals surface area contributed by atoms with Gasteiger partial charge < -0.3 is 9.84 Å². The number of carboxylic acids is 1. The van der Waals surface area contributed by atoms with Gasteiger partial charge in [0.15, 0.2) is 0 Å². The molecule has 0 bridgehead atoms. The second-order valence-electron chi connectivity index (χ2n) is 2.23. The van der Waals surface area contributed by atoms with Gasteiger partial charge in [0.2, 0.25) is 5.01 Å². The lowest BCUT2D eigenvalue weighted by atomic mass is 10.4. The quantitative estimate of drug-likeness (QED) is 0.720. The Morgan fingerprint density at radius 2 is 2.15 bits per heavy atom. The van der Waals surface area contributed by atoms with E-state index < -0.39 is 11.9 Å². The van der Waals surface area contributed by atoms with E-state index in [0.717, 1.165) is 11.3 Å². The Morgan fingerprint density at radius 3 is 2.54 bits per heavy atom. The van der Waals surface area contributed by atoms with E-state index in [-0.39, 0.29) is 9.88 Å². The number of rotatable bonds is 2. The summed E-state index contributed by atoms with van der Waals surface area (Å²) in [7, 11) is 1.24. The molecule has 0 atom stereocenters. The van der Waals surface area contributed by atoms with Gasteiger partial charge in [0.1, 0.15) is 4.88 Å². The van der Waals surface area contributed by atoms with Gasteiger partial charge >= 0.3 is 11.9 Å². The third-order valence-corrected chi connectivity index (χ3v) is 2.48. The summed E-state index contributed by atoms with van der Waals surface area (Å²) in [6.07, 6.45) is 0. The lowest BCUT2D eigenvalue weighted by molar-refractivity contribution is 0.0604. The molecule has 1 aromatic rings. The predicted molar refractivity (Wildman–Crippen MR) is 45.1 cm³/mol. The second kappa shape index (κ2) is 3.53. The highest BCUT2D eigenvalue weighted by Crippen LogP contribution is 2.18. The monoisotopic (exact) mass is 201 g/mol. The molecule has 5 nitrogen and oxygen atoms in total. The van der Waals surface area contributed by atoms with Crippen LogP contribution in [0.5, 0.6) is 0 Å². The molecular weight excluding hydrogens is 194 g/mol. The number of aromatic nitrogens is 1. The predicted octanol–water partition coefficient (Wildman–Crippen LogP) is 0.936. The molecule has 0 fully saturated rings. The highest BCUT2D eigenvalue weighted by atomic mass is 32.1. The van der Waals surface area contributed by atoms with Gasteiger partial charge in [0.25, 0.3) is 0 Å². The van der Waals surface area contributed by atoms with Crippen LogP contribution < -0.4 is 0 Å². The van der Waals surface area contributed by atoms with Crippen molar-refractivity contribution in [3.8, 4) is 0 Å². The Kier molecular flexibility index (Phi) is 2.62. The summed E-state index contributed by atoms with van der Waals surface area (Å²) in [5.74, 6) is -1.69. The van der Waals surface area contributed by atoms with Crippen LogP contribution in [-0.2, 0) is 4.74 Å². The first-order valence-corrected chi connectivity index (χ1v) is 4.17. The molecule has 6 heteroatoms. The number of carbonyl (C=O) groups excluding carboxylic acids is 1. The number of hydrogen-bond acceptors (Lipinski definition) is 5. The van der Waals surface area contributed by atoms with Gasteiger partial charge in [-0.2, -0.15) is 0 Å². The number of carboxylic acid groups (broad SMARTS) is 1. The van der Waals surface area contributed by atoms with E-state index in [1.807, 2.05) is 0 Å². The highest BCUT2D eigenvalue weighted by molar-refractivity contribution is 7.15. The maximum absolute atomic E-state index is 11.0. The topological polar surface area (TPSA) is 76.5 Å². The summed E-state index contributed by atoms with van der Waals surface area (Å²) >= 11 is 0.815. The Hall–Kier alpha value is -1.43. The molecule has 13 heavy (non-hydrogen) atoms. The minimum absolute atomic E-state index is 0.0992. The molecule has 0 spiro atoms. The minimum atomic E-state index is -1.14. The van der Waals surface area contributed by atoms with Crippen molar-refractivity contribution in [2.24, 2.45) is 0 Å². The lowest BCUT2D eigenvalue weighted by Gasteiger charge is -1.92. The van der Waals surface area contributed by atoms with Gasteiger partial charge in [-0.25, -0.2) is 14.6 Å². The highest BCUT2D eigenvalue weighted by Gasteiger charge is 2.18. The fourth-order valence-corrected chi connectivity index (χ4v) is 1.59. The summed E-state index contributed by atoms with van der Waals surface area (Å²) in [6, 6.07) is 0. The minimum Gasteiger partial charge on any atom is -0.476 e. The number of carbonyl (C=O) groups is 2. The number of hydrogen-bond donors (Lipinski definition) is 1. The first kappa shape index (κ1) is 9.66. The van der Waals surface area contributed by atoms with Crippen LogP contribution in [0.25, 0.3) is 0 Å². The smallest absolute Gasteiger partial charge is 0.365 e. The van der Waals surface area contributed by atoms with E-state index in [1.54, 1.807) is 6.92 Å². The summed E-state index contributed by atoms with van der Waals surface area (Å²) in [6.45, 7) is 1.56. The van der Waals surface area contributed by atoms with Crippen molar-refractivity contribution in [1.82, 2.24) is 4.98 Å². The van der Waals surface area contributed by atoms with Crippen molar-refractivity contribution >= 4 is 23.3 Å². The molecule has 1 aromatic heterocycles. The average Bonchev–Trinajstić information content (AvgIpc) is 2.46. The molecule has 0 aromatic carbocycles. The number of ether oxygens (including phenoxy) is 1. The largest absolute Gasteiger partial charge is 0.476 e. The van der Waals surface area contributed by atoms with E-state index >= 15 is 0 Å². The molecule has 0 aliphatic heterocycles. The Labute approximate surface area is 78.0 Å². The number of nitrogens with zero attached hydrogens (tertiary/aromatic N) is 1. The molecule has 1 N–H and O–H groups in total. The Morgan fingerprint density at radius 1 is 1.54 bits per heavy atom. The van der Waals surface area contributed by atoms with Crippen LogP contribution >= 0.6 is 11.3 Å². The zero-order valence-electron chi connectivity index (χ0n) is 7.03. The SMILES string of the molecule is COC(=O)c1sc(C(=O)O)nc1C. The molecule has 0 saturated heterocycles. The van der Waals surface area contributed by atoms with Gasteiger partial charge in [0.05, 0.1) is 12.8 Å². The Balaban J connectivity index is 3.10. The van der Waals surface area contributed by atoms with Crippen LogP contribution in [-0.4, -0.2) is 29.1 Å². The molecule has 0 aliphatic rings. The van der Waals surface area contributed by atoms with E-state index in [0.29, 0.717) is 5.69 Å². The van der Waals surface area contributed by atoms with Crippen molar-refractivity contribution in [2.45, 2.75) is 6.92 Å². The molecule has 0 radical (unpaired) electrons. The van der Waals surface area contributed by atoms with E-state index in [2.05, 4.69) is 9.72 Å². The van der Waals surface area contributed by atoms with E-state index in [1.165, 1.54) is 7.11 Å². The van der Waals surface area contributed by atoms with Crippen LogP contribution in [0.1, 0.15) is 25.2 Å². The fourth-order valence-electron chi connectivity index (χ4n) is 0.770. The van der Waals surface area contributed by atoms with Gasteiger partial charge in [-0.1, -0.05) is 11.3 Å². The zero-order chi connectivity index (χ0) is 10.0. The molecule has 0 unspecified atom stereocenters. The normalized spacial score (nSPS) is 9.69. The Bertz CT molecular complexity index is 357. The number of esters is 1. The van der Waals surface area contributed by atoms with Gasteiger partial charge in [-0.3, -0.25) is 0 Å². The van der Waals surface area contributed by atoms with Gasteiger partial charge in [-0.15, -0.1) is 0 Å². The van der Waals surface area contributed by atoms with Crippen molar-refractivity contribution in [3.05, 3.63) is 15.6 Å². The van der Waals surface area contributed by atoms with Crippen molar-refractivity contribution in [3.63, 3.8) is 0 Å². The summed E-state index contributed by atoms with van der Waals surface area (Å²) in [5, 5.41) is 8.47. The fraction of sp³-hybridized carbons (Fsp3) is 0.286. The summed E-state index contributed by atoms with van der Waals surface area (Å²) < 4.78 is 4.45. The van der Waals surface area contributed by atoms with Crippen molar-refractivity contribution in [1.29, 1.82) is 0 Å². The molecular formula is C7H7NO4S. The van der Waals surface area contributed by atoms with Gasteiger partial charge in [0, 0.05) is 0 Å². The molecule has 70 valence electrons. The number of aryl methyl sites for hydroxylation is 1. The first-order chi connectivity index (χ1) is 6.06. The molecule has 1 rings (SSSR count). The van der Waals surface area contributed by atoms with Crippen LogP contribution in [0.4, 0.5) is 0 Å². The molecule has 0 aliphatic carbocycles. The van der Waals surface area contributed by atoms with E-state index in [4.69, 9.17) is 5.11 Å². The summed E-state index contributed by atoms with van der Waals surface area (Å²) in [5.41, 5.74) is 0.384. The van der Waals surface area contributed by atoms with Crippen LogP contribution in [0.2, 0.25) is 0 Å². The molecule has 0 amide bonds.